The summed E-state index contributed by atoms with van der Waals surface area (Å²) in [6, 6.07) is 18.4. The van der Waals surface area contributed by atoms with Crippen LogP contribution in [0.25, 0.3) is 0 Å². The number of aliphatic hydroxyl groups excluding tert-OH is 1. The summed E-state index contributed by atoms with van der Waals surface area (Å²) >= 11 is 0. The van der Waals surface area contributed by atoms with Crippen LogP contribution >= 0.6 is 0 Å². The van der Waals surface area contributed by atoms with Gasteiger partial charge < -0.3 is 25.4 Å². The molecule has 6 rings (SSSR count). The topological polar surface area (TPSA) is 132 Å². The zero-order chi connectivity index (χ0) is 28.9. The van der Waals surface area contributed by atoms with Crippen molar-refractivity contribution in [2.45, 2.75) is 57.2 Å². The van der Waals surface area contributed by atoms with E-state index in [-0.39, 0.29) is 17.7 Å². The Morgan fingerprint density at radius 1 is 0.952 bits per heavy atom. The van der Waals surface area contributed by atoms with Crippen LogP contribution in [-0.4, -0.2) is 58.2 Å². The van der Waals surface area contributed by atoms with Crippen LogP contribution in [-0.2, 0) is 17.8 Å². The van der Waals surface area contributed by atoms with E-state index in [0.29, 0.717) is 30.2 Å². The molecule has 1 saturated heterocycles. The number of nitrogens with zero attached hydrogens (tertiary/aromatic N) is 3. The van der Waals surface area contributed by atoms with E-state index in [0.717, 1.165) is 50.1 Å². The van der Waals surface area contributed by atoms with Gasteiger partial charge in [-0.1, -0.05) is 67.4 Å². The molecule has 3 aromatic rings. The van der Waals surface area contributed by atoms with Gasteiger partial charge in [-0.15, -0.1) is 0 Å². The number of anilines is 1. The molecule has 10 heteroatoms. The predicted molar refractivity (Wildman–Crippen MR) is 157 cm³/mol. The minimum absolute atomic E-state index is 0.143. The third kappa shape index (κ3) is 6.79. The highest BCUT2D eigenvalue weighted by molar-refractivity contribution is 5.92. The number of hydrogen-bond acceptors (Lipinski definition) is 9. The molecule has 0 bridgehead atoms. The lowest BCUT2D eigenvalue weighted by Crippen LogP contribution is -2.35. The molecule has 3 aliphatic rings. The smallest absolute Gasteiger partial charge is 0.277 e. The molecule has 2 saturated carbocycles. The third-order valence-corrected chi connectivity index (χ3v) is 8.99. The molecule has 4 atom stereocenters. The second kappa shape index (κ2) is 13.3. The number of carbonyl (C=O) groups is 1. The van der Waals surface area contributed by atoms with Crippen LogP contribution in [0, 0.1) is 17.8 Å². The first-order chi connectivity index (χ1) is 20.6. The zero-order valence-corrected chi connectivity index (χ0v) is 23.7. The predicted octanol–water partition coefficient (Wildman–Crippen LogP) is 3.18. The van der Waals surface area contributed by atoms with Crippen molar-refractivity contribution in [2.75, 3.05) is 24.5 Å². The number of nitrogens with one attached hydrogen (secondary N) is 3. The van der Waals surface area contributed by atoms with Crippen molar-refractivity contribution in [2.24, 2.45) is 17.8 Å². The van der Waals surface area contributed by atoms with Gasteiger partial charge in [-0.3, -0.25) is 10.0 Å². The lowest BCUT2D eigenvalue weighted by atomic mass is 10.1. The Kier molecular flexibility index (Phi) is 9.07. The van der Waals surface area contributed by atoms with Crippen LogP contribution in [0.1, 0.15) is 58.8 Å². The largest absolute Gasteiger partial charge is 0.366 e. The maximum Gasteiger partial charge on any atom is 0.277 e. The Hall–Kier alpha value is -3.41. The van der Waals surface area contributed by atoms with Gasteiger partial charge in [0.1, 0.15) is 0 Å². The van der Waals surface area contributed by atoms with Crippen LogP contribution < -0.4 is 21.0 Å². The van der Waals surface area contributed by atoms with Crippen LogP contribution in [0.15, 0.2) is 67.0 Å². The molecule has 1 amide bonds. The average Bonchev–Trinajstić information content (AvgIpc) is 3.37. The van der Waals surface area contributed by atoms with Gasteiger partial charge in [0.25, 0.3) is 5.91 Å². The fourth-order valence-corrected chi connectivity index (χ4v) is 6.51. The maximum absolute atomic E-state index is 11.5. The van der Waals surface area contributed by atoms with Crippen molar-refractivity contribution in [1.29, 1.82) is 0 Å². The highest BCUT2D eigenvalue weighted by atomic mass is 16.6. The summed E-state index contributed by atoms with van der Waals surface area (Å²) in [5.41, 5.74) is 5.26. The van der Waals surface area contributed by atoms with E-state index in [4.69, 9.17) is 9.94 Å². The molecule has 2 aromatic carbocycles. The second-order valence-electron chi connectivity index (χ2n) is 11.8. The van der Waals surface area contributed by atoms with E-state index in [1.165, 1.54) is 30.8 Å². The summed E-state index contributed by atoms with van der Waals surface area (Å²) in [6.45, 7) is 4.30. The summed E-state index contributed by atoms with van der Waals surface area (Å²) in [7, 11) is 0. The van der Waals surface area contributed by atoms with Gasteiger partial charge in [0.2, 0.25) is 5.95 Å². The van der Waals surface area contributed by atoms with Crippen molar-refractivity contribution < 1.29 is 19.8 Å². The Bertz CT molecular complexity index is 1290. The van der Waals surface area contributed by atoms with Gasteiger partial charge in [0.05, 0.1) is 17.7 Å². The number of piperidine rings is 1. The number of rotatable bonds is 13. The summed E-state index contributed by atoms with van der Waals surface area (Å²) in [4.78, 5) is 22.2. The molecule has 1 aliphatic heterocycles. The first kappa shape index (κ1) is 28.7. The lowest BCUT2D eigenvalue weighted by Gasteiger charge is -2.27. The van der Waals surface area contributed by atoms with Gasteiger partial charge in [-0.05, 0) is 53.8 Å². The van der Waals surface area contributed by atoms with E-state index < -0.39 is 12.2 Å². The van der Waals surface area contributed by atoms with Crippen LogP contribution in [0.5, 0.6) is 0 Å². The average molecular weight is 573 g/mol. The van der Waals surface area contributed by atoms with Crippen LogP contribution in [0.3, 0.4) is 0 Å². The van der Waals surface area contributed by atoms with Crippen molar-refractivity contribution in [3.05, 3.63) is 89.2 Å². The molecule has 42 heavy (non-hydrogen) atoms. The number of fused-ring (bicyclic) bond motifs is 1. The summed E-state index contributed by atoms with van der Waals surface area (Å²) in [6.07, 6.45) is 6.52. The molecule has 5 N–H and O–H groups in total. The van der Waals surface area contributed by atoms with Crippen molar-refractivity contribution in [3.8, 4) is 0 Å². The third-order valence-electron chi connectivity index (χ3n) is 8.99. The monoisotopic (exact) mass is 572 g/mol. The Balaban J connectivity index is 0.934. The standard InChI is InChI=1S/C32H40N6O4/c39-30(37-41)24-16-35-32(36-17-24)38-19-27-26(28(27)20-38)18-33-14-21-10-12-22(13-11-21)15-34-29(23-6-2-1-3-7-23)31(40)42-25-8-4-5-9-25/h1-3,6-7,10-13,16-17,25-29,31,33-34,40-41H,4-5,8-9,14-15,18-20H2,(H,37,39)/t26?,27?,28?,29-,31?/m0/s1. The number of hydrogen-bond donors (Lipinski definition) is 5. The minimum atomic E-state index is -0.888. The molecule has 3 unspecified atom stereocenters. The molecule has 2 heterocycles. The van der Waals surface area contributed by atoms with Crippen molar-refractivity contribution in [3.63, 3.8) is 0 Å². The van der Waals surface area contributed by atoms with E-state index in [1.807, 2.05) is 30.3 Å². The zero-order valence-electron chi connectivity index (χ0n) is 23.7. The lowest BCUT2D eigenvalue weighted by molar-refractivity contribution is -0.152. The number of aromatic nitrogens is 2. The van der Waals surface area contributed by atoms with E-state index in [9.17, 15) is 9.90 Å². The van der Waals surface area contributed by atoms with Gasteiger partial charge in [0, 0.05) is 38.6 Å². The molecule has 0 spiro atoms. The second-order valence-corrected chi connectivity index (χ2v) is 11.8. The molecule has 3 fully saturated rings. The molecular formula is C32H40N6O4. The van der Waals surface area contributed by atoms with E-state index in [2.05, 4.69) is 49.8 Å². The van der Waals surface area contributed by atoms with Gasteiger partial charge in [-0.2, -0.15) is 0 Å². The van der Waals surface area contributed by atoms with Crippen molar-refractivity contribution >= 4 is 11.9 Å². The van der Waals surface area contributed by atoms with E-state index >= 15 is 0 Å². The molecule has 222 valence electrons. The van der Waals surface area contributed by atoms with Crippen molar-refractivity contribution in [1.82, 2.24) is 26.1 Å². The number of aliphatic hydroxyl groups is 1. The fourth-order valence-electron chi connectivity index (χ4n) is 6.51. The Morgan fingerprint density at radius 2 is 1.60 bits per heavy atom. The minimum Gasteiger partial charge on any atom is -0.366 e. The fraction of sp³-hybridized carbons (Fsp3) is 0.469. The number of benzene rings is 2. The Labute approximate surface area is 246 Å². The molecule has 10 nitrogen and oxygen atoms in total. The molecule has 1 aromatic heterocycles. The van der Waals surface area contributed by atoms with Crippen LogP contribution in [0.2, 0.25) is 0 Å². The quantitative estimate of drug-likeness (QED) is 0.119. The first-order valence-electron chi connectivity index (χ1n) is 15.0. The summed E-state index contributed by atoms with van der Waals surface area (Å²) in [5.74, 6) is 1.96. The van der Waals surface area contributed by atoms with Gasteiger partial charge in [0.15, 0.2) is 6.29 Å². The van der Waals surface area contributed by atoms with Crippen LogP contribution in [0.4, 0.5) is 5.95 Å². The van der Waals surface area contributed by atoms with Gasteiger partial charge in [-0.25, -0.2) is 15.4 Å². The van der Waals surface area contributed by atoms with E-state index in [1.54, 1.807) is 5.48 Å². The normalized spacial score (nSPS) is 23.0. The van der Waals surface area contributed by atoms with Gasteiger partial charge >= 0.3 is 0 Å². The summed E-state index contributed by atoms with van der Waals surface area (Å²) < 4.78 is 6.03. The molecular weight excluding hydrogens is 532 g/mol. The molecule has 2 aliphatic carbocycles. The Morgan fingerprint density at radius 3 is 2.24 bits per heavy atom. The highest BCUT2D eigenvalue weighted by Gasteiger charge is 2.55. The maximum atomic E-state index is 11.5. The number of amides is 1. The first-order valence-corrected chi connectivity index (χ1v) is 15.0. The number of carbonyl (C=O) groups excluding carboxylic acids is 1. The highest BCUT2D eigenvalue weighted by Crippen LogP contribution is 2.51. The molecule has 0 radical (unpaired) electrons. The SMILES string of the molecule is O=C(NO)c1cnc(N2CC3C(CNCc4ccc(CN[C@@H](c5ccccc5)C(O)OC5CCCC5)cc4)C3C2)nc1. The number of hydroxylamine groups is 1. The number of ether oxygens (including phenoxy) is 1. The summed E-state index contributed by atoms with van der Waals surface area (Å²) in [5, 5.41) is 26.8.